The van der Waals surface area contributed by atoms with E-state index in [1.54, 1.807) is 6.92 Å². The summed E-state index contributed by atoms with van der Waals surface area (Å²) in [5.74, 6) is -0.363. The molecule has 0 aromatic carbocycles. The lowest BCUT2D eigenvalue weighted by atomic mass is 9.89. The van der Waals surface area contributed by atoms with Gasteiger partial charge >= 0.3 is 0 Å². The minimum absolute atomic E-state index is 0.0264. The van der Waals surface area contributed by atoms with Crippen LogP contribution >= 0.6 is 0 Å². The van der Waals surface area contributed by atoms with Crippen LogP contribution in [0.15, 0.2) is 22.7 Å². The smallest absolute Gasteiger partial charge is 0.228 e. The zero-order valence-corrected chi connectivity index (χ0v) is 18.0. The van der Waals surface area contributed by atoms with Crippen molar-refractivity contribution < 1.29 is 19.1 Å². The van der Waals surface area contributed by atoms with E-state index < -0.39 is 0 Å². The number of likely N-dealkylation sites (tertiary alicyclic amines) is 1. The van der Waals surface area contributed by atoms with Crippen LogP contribution in [0, 0.1) is 0 Å². The van der Waals surface area contributed by atoms with Gasteiger partial charge in [0, 0.05) is 11.1 Å². The number of unbranched alkanes of at least 4 members (excludes halogenated alkanes) is 7. The van der Waals surface area contributed by atoms with E-state index in [1.165, 1.54) is 85.2 Å². The van der Waals surface area contributed by atoms with Crippen molar-refractivity contribution in [3.63, 3.8) is 0 Å². The maximum absolute atomic E-state index is 12.6. The number of carbonyl (C=O) groups excluding carboxylic acids is 2. The molecule has 0 saturated carbocycles. The fraction of sp³-hybridized carbons (Fsp3) is 0.739. The second-order valence-electron chi connectivity index (χ2n) is 7.96. The first kappa shape index (κ1) is 22.7. The van der Waals surface area contributed by atoms with Crippen LogP contribution in [0.1, 0.15) is 77.6 Å². The summed E-state index contributed by atoms with van der Waals surface area (Å²) in [6.45, 7) is 5.60. The third-order valence-corrected chi connectivity index (χ3v) is 5.94. The molecule has 0 bridgehead atoms. The molecule has 1 saturated heterocycles. The maximum atomic E-state index is 12.6. The van der Waals surface area contributed by atoms with E-state index in [9.17, 15) is 9.59 Å². The fourth-order valence-corrected chi connectivity index (χ4v) is 4.20. The highest BCUT2D eigenvalue weighted by atomic mass is 16.5. The van der Waals surface area contributed by atoms with Gasteiger partial charge in [-0.15, -0.1) is 0 Å². The number of nitrogens with zero attached hydrogens (tertiary/aromatic N) is 1. The SMILES string of the molecule is COC1=C(OC)C(=O)C(CCCCCCCCCCN2CCCC2)=C(C)C1=O. The molecule has 0 radical (unpaired) electrons. The number of methoxy groups -OCH3 is 2. The van der Waals surface area contributed by atoms with E-state index in [2.05, 4.69) is 4.90 Å². The first-order valence-corrected chi connectivity index (χ1v) is 10.9. The van der Waals surface area contributed by atoms with Crippen LogP contribution in [0.5, 0.6) is 0 Å². The second-order valence-corrected chi connectivity index (χ2v) is 7.96. The molecule has 2 aliphatic rings. The van der Waals surface area contributed by atoms with Crippen molar-refractivity contribution in [2.24, 2.45) is 0 Å². The highest BCUT2D eigenvalue weighted by molar-refractivity contribution is 6.23. The Labute approximate surface area is 170 Å². The number of hydrogen-bond donors (Lipinski definition) is 0. The number of ketones is 2. The number of allylic oxidation sites excluding steroid dienone is 2. The van der Waals surface area contributed by atoms with Gasteiger partial charge in [0.1, 0.15) is 0 Å². The Morgan fingerprint density at radius 3 is 1.82 bits per heavy atom. The highest BCUT2D eigenvalue weighted by Crippen LogP contribution is 2.28. The number of rotatable bonds is 13. The van der Waals surface area contributed by atoms with Gasteiger partial charge in [-0.1, -0.05) is 38.5 Å². The Morgan fingerprint density at radius 1 is 0.750 bits per heavy atom. The quantitative estimate of drug-likeness (QED) is 0.340. The van der Waals surface area contributed by atoms with Gasteiger partial charge in [0.05, 0.1) is 14.2 Å². The van der Waals surface area contributed by atoms with Gasteiger partial charge in [0.25, 0.3) is 0 Å². The van der Waals surface area contributed by atoms with Crippen molar-refractivity contribution in [3.8, 4) is 0 Å². The molecule has 5 nitrogen and oxygen atoms in total. The third-order valence-electron chi connectivity index (χ3n) is 5.94. The van der Waals surface area contributed by atoms with Crippen molar-refractivity contribution in [2.45, 2.75) is 77.6 Å². The summed E-state index contributed by atoms with van der Waals surface area (Å²) >= 11 is 0. The van der Waals surface area contributed by atoms with Crippen LogP contribution in [0.4, 0.5) is 0 Å². The molecule has 1 heterocycles. The lowest BCUT2D eigenvalue weighted by Crippen LogP contribution is -2.25. The highest BCUT2D eigenvalue weighted by Gasteiger charge is 2.34. The molecule has 0 spiro atoms. The fourth-order valence-electron chi connectivity index (χ4n) is 4.20. The minimum atomic E-state index is -0.233. The molecular weight excluding hydrogens is 354 g/mol. The molecule has 0 aromatic rings. The van der Waals surface area contributed by atoms with Gasteiger partial charge in [0.15, 0.2) is 0 Å². The normalized spacial score (nSPS) is 18.4. The molecule has 2 rings (SSSR count). The van der Waals surface area contributed by atoms with Crippen molar-refractivity contribution in [1.82, 2.24) is 4.90 Å². The maximum Gasteiger partial charge on any atom is 0.228 e. The molecule has 0 aromatic heterocycles. The topological polar surface area (TPSA) is 55.8 Å². The molecule has 0 amide bonds. The van der Waals surface area contributed by atoms with Crippen LogP contribution in [0.3, 0.4) is 0 Å². The molecule has 0 N–H and O–H groups in total. The average Bonchev–Trinajstić information content (AvgIpc) is 3.21. The Kier molecular flexibility index (Phi) is 9.76. The van der Waals surface area contributed by atoms with Crippen LogP contribution < -0.4 is 0 Å². The predicted molar refractivity (Wildman–Crippen MR) is 111 cm³/mol. The molecule has 1 aliphatic heterocycles. The zero-order chi connectivity index (χ0) is 20.4. The number of Topliss-reactive ketones (excluding diaryl/α,β-unsaturated/α-hetero) is 2. The Morgan fingerprint density at radius 2 is 1.25 bits per heavy atom. The van der Waals surface area contributed by atoms with Gasteiger partial charge < -0.3 is 14.4 Å². The largest absolute Gasteiger partial charge is 0.489 e. The summed E-state index contributed by atoms with van der Waals surface area (Å²) < 4.78 is 10.2. The van der Waals surface area contributed by atoms with Gasteiger partial charge in [-0.05, 0) is 58.7 Å². The van der Waals surface area contributed by atoms with Gasteiger partial charge in [-0.2, -0.15) is 0 Å². The standard InChI is InChI=1S/C23H37NO4/c1-18-19(21(26)23(28-3)22(27-2)20(18)25)14-10-8-6-4-5-7-9-11-15-24-16-12-13-17-24/h4-17H2,1-3H3. The van der Waals surface area contributed by atoms with Crippen molar-refractivity contribution in [1.29, 1.82) is 0 Å². The van der Waals surface area contributed by atoms with E-state index in [0.717, 1.165) is 12.8 Å². The molecule has 28 heavy (non-hydrogen) atoms. The molecule has 0 unspecified atom stereocenters. The lowest BCUT2D eigenvalue weighted by molar-refractivity contribution is -0.121. The molecule has 1 aliphatic carbocycles. The Balaban J connectivity index is 1.58. The average molecular weight is 392 g/mol. The van der Waals surface area contributed by atoms with Crippen LogP contribution in [0.2, 0.25) is 0 Å². The molecule has 5 heteroatoms. The van der Waals surface area contributed by atoms with E-state index in [1.807, 2.05) is 0 Å². The first-order valence-electron chi connectivity index (χ1n) is 10.9. The van der Waals surface area contributed by atoms with Crippen molar-refractivity contribution in [3.05, 3.63) is 22.7 Å². The lowest BCUT2D eigenvalue weighted by Gasteiger charge is -2.20. The third kappa shape index (κ3) is 6.20. The summed E-state index contributed by atoms with van der Waals surface area (Å²) in [7, 11) is 2.80. The second kappa shape index (κ2) is 12.1. The first-order chi connectivity index (χ1) is 13.6. The number of carbonyl (C=O) groups is 2. The number of hydrogen-bond acceptors (Lipinski definition) is 5. The summed E-state index contributed by atoms with van der Waals surface area (Å²) in [5, 5.41) is 0. The number of ether oxygens (including phenoxy) is 2. The van der Waals surface area contributed by atoms with Crippen molar-refractivity contribution in [2.75, 3.05) is 33.9 Å². The molecule has 158 valence electrons. The molecule has 1 fully saturated rings. The summed E-state index contributed by atoms with van der Waals surface area (Å²) in [6, 6.07) is 0. The minimum Gasteiger partial charge on any atom is -0.489 e. The van der Waals surface area contributed by atoms with E-state index >= 15 is 0 Å². The predicted octanol–water partition coefficient (Wildman–Crippen LogP) is 4.57. The van der Waals surface area contributed by atoms with Crippen LogP contribution in [-0.2, 0) is 19.1 Å². The Hall–Kier alpha value is -1.62. The van der Waals surface area contributed by atoms with Gasteiger partial charge in [0.2, 0.25) is 23.1 Å². The van der Waals surface area contributed by atoms with E-state index in [4.69, 9.17) is 9.47 Å². The molecular formula is C23H37NO4. The summed E-state index contributed by atoms with van der Waals surface area (Å²) in [5.41, 5.74) is 1.09. The monoisotopic (exact) mass is 391 g/mol. The zero-order valence-electron chi connectivity index (χ0n) is 18.0. The summed E-state index contributed by atoms with van der Waals surface area (Å²) in [4.78, 5) is 27.5. The van der Waals surface area contributed by atoms with Gasteiger partial charge in [-0.25, -0.2) is 0 Å². The molecule has 0 atom stereocenters. The summed E-state index contributed by atoms with van der Waals surface area (Å²) in [6.07, 6.45) is 13.2. The van der Waals surface area contributed by atoms with Crippen LogP contribution in [0.25, 0.3) is 0 Å². The van der Waals surface area contributed by atoms with Gasteiger partial charge in [-0.3, -0.25) is 9.59 Å². The van der Waals surface area contributed by atoms with E-state index in [-0.39, 0.29) is 23.1 Å². The van der Waals surface area contributed by atoms with Crippen molar-refractivity contribution >= 4 is 11.6 Å². The van der Waals surface area contributed by atoms with Crippen LogP contribution in [-0.4, -0.2) is 50.3 Å². The Bertz CT molecular complexity index is 600. The van der Waals surface area contributed by atoms with E-state index in [0.29, 0.717) is 17.6 Å².